The summed E-state index contributed by atoms with van der Waals surface area (Å²) in [6.07, 6.45) is 3.56. The van der Waals surface area contributed by atoms with Gasteiger partial charge in [-0.3, -0.25) is 9.78 Å². The Kier molecular flexibility index (Phi) is 4.67. The molecule has 0 saturated carbocycles. The maximum atomic E-state index is 6.63. The lowest BCUT2D eigenvalue weighted by Crippen LogP contribution is -2.04. The Balaban J connectivity index is 1.45. The predicted molar refractivity (Wildman–Crippen MR) is 130 cm³/mol. The fourth-order valence-electron chi connectivity index (χ4n) is 4.02. The number of aromatic amines is 1. The SMILES string of the molecule is Cc1ccc(Cn2nccc2-c2cc(Cl)c3nnn(-c4ccc5cn[nH]c5c4)c3c2)c(Cl)c1. The largest absolute Gasteiger partial charge is 0.278 e. The molecule has 9 heteroatoms. The van der Waals surface area contributed by atoms with Crippen molar-refractivity contribution in [2.45, 2.75) is 13.5 Å². The molecular weight excluding hydrogens is 457 g/mol. The molecule has 0 atom stereocenters. The number of fused-ring (bicyclic) bond motifs is 2. The van der Waals surface area contributed by atoms with Gasteiger partial charge >= 0.3 is 0 Å². The normalized spacial score (nSPS) is 11.6. The average Bonchev–Trinajstić information content (AvgIpc) is 3.54. The summed E-state index contributed by atoms with van der Waals surface area (Å²) in [7, 11) is 0. The highest BCUT2D eigenvalue weighted by Gasteiger charge is 2.16. The van der Waals surface area contributed by atoms with Crippen LogP contribution in [0.15, 0.2) is 67.0 Å². The summed E-state index contributed by atoms with van der Waals surface area (Å²) in [5.41, 5.74) is 7.19. The lowest BCUT2D eigenvalue weighted by atomic mass is 10.1. The fourth-order valence-corrected chi connectivity index (χ4v) is 4.57. The van der Waals surface area contributed by atoms with Crippen molar-refractivity contribution in [3.05, 3.63) is 88.2 Å². The summed E-state index contributed by atoms with van der Waals surface area (Å²) < 4.78 is 3.70. The molecule has 0 fully saturated rings. The molecule has 7 nitrogen and oxygen atoms in total. The minimum absolute atomic E-state index is 0.525. The zero-order chi connectivity index (χ0) is 22.5. The molecule has 0 spiro atoms. The van der Waals surface area contributed by atoms with Gasteiger partial charge < -0.3 is 0 Å². The third-order valence-electron chi connectivity index (χ3n) is 5.72. The quantitative estimate of drug-likeness (QED) is 0.349. The standard InChI is InChI=1S/C24H17Cl2N7/c1-14-2-3-16(19(25)8-14)13-32-22(6-7-28-32)17-9-20(26)24-23(10-17)33(31-30-24)18-5-4-15-12-27-29-21(15)11-18/h2-12H,13H2,1H3,(H,27,29). The van der Waals surface area contributed by atoms with E-state index in [4.69, 9.17) is 23.2 Å². The fraction of sp³-hybridized carbons (Fsp3) is 0.0833. The van der Waals surface area contributed by atoms with Crippen LogP contribution in [0.4, 0.5) is 0 Å². The molecule has 3 aromatic heterocycles. The van der Waals surface area contributed by atoms with E-state index in [1.54, 1.807) is 17.1 Å². The summed E-state index contributed by atoms with van der Waals surface area (Å²) in [6.45, 7) is 2.57. The maximum absolute atomic E-state index is 6.63. The summed E-state index contributed by atoms with van der Waals surface area (Å²) in [6, 6.07) is 17.9. The second kappa shape index (κ2) is 7.72. The van der Waals surface area contributed by atoms with Gasteiger partial charge in [-0.05, 0) is 60.5 Å². The molecule has 3 heterocycles. The van der Waals surface area contributed by atoms with Crippen LogP contribution in [-0.4, -0.2) is 35.0 Å². The molecule has 0 bridgehead atoms. The molecule has 0 saturated heterocycles. The monoisotopic (exact) mass is 473 g/mol. The highest BCUT2D eigenvalue weighted by molar-refractivity contribution is 6.35. The van der Waals surface area contributed by atoms with Crippen LogP contribution < -0.4 is 0 Å². The predicted octanol–water partition coefficient (Wildman–Crippen LogP) is 5.82. The maximum Gasteiger partial charge on any atom is 0.132 e. The van der Waals surface area contributed by atoms with E-state index in [1.165, 1.54) is 0 Å². The first-order chi connectivity index (χ1) is 16.1. The molecule has 0 radical (unpaired) electrons. The molecule has 6 rings (SSSR count). The van der Waals surface area contributed by atoms with Crippen LogP contribution >= 0.6 is 23.2 Å². The van der Waals surface area contributed by atoms with Gasteiger partial charge in [0.25, 0.3) is 0 Å². The highest BCUT2D eigenvalue weighted by Crippen LogP contribution is 2.32. The molecule has 0 aliphatic carbocycles. The molecule has 3 aromatic carbocycles. The second-order valence-electron chi connectivity index (χ2n) is 7.94. The lowest BCUT2D eigenvalue weighted by molar-refractivity contribution is 0.694. The number of halogens is 2. The van der Waals surface area contributed by atoms with Crippen LogP contribution in [0.2, 0.25) is 10.0 Å². The Morgan fingerprint density at radius 3 is 2.76 bits per heavy atom. The molecule has 0 aliphatic heterocycles. The Morgan fingerprint density at radius 1 is 0.970 bits per heavy atom. The molecule has 0 amide bonds. The van der Waals surface area contributed by atoms with Crippen LogP contribution in [0.25, 0.3) is 38.9 Å². The number of nitrogens with one attached hydrogen (secondary N) is 1. The Morgan fingerprint density at radius 2 is 1.88 bits per heavy atom. The van der Waals surface area contributed by atoms with E-state index < -0.39 is 0 Å². The van der Waals surface area contributed by atoms with Crippen LogP contribution in [0.1, 0.15) is 11.1 Å². The number of aromatic nitrogens is 7. The number of hydrogen-bond acceptors (Lipinski definition) is 4. The number of aryl methyl sites for hydroxylation is 1. The van der Waals surface area contributed by atoms with E-state index in [9.17, 15) is 0 Å². The molecule has 0 unspecified atom stereocenters. The van der Waals surface area contributed by atoms with Crippen molar-refractivity contribution in [1.82, 2.24) is 35.0 Å². The topological polar surface area (TPSA) is 77.2 Å². The van der Waals surface area contributed by atoms with Crippen LogP contribution in [-0.2, 0) is 6.54 Å². The summed E-state index contributed by atoms with van der Waals surface area (Å²) in [4.78, 5) is 0. The summed E-state index contributed by atoms with van der Waals surface area (Å²) in [5, 5.41) is 22.6. The smallest absolute Gasteiger partial charge is 0.132 e. The molecule has 33 heavy (non-hydrogen) atoms. The van der Waals surface area contributed by atoms with Crippen LogP contribution in [0.5, 0.6) is 0 Å². The molecule has 6 aromatic rings. The highest BCUT2D eigenvalue weighted by atomic mass is 35.5. The van der Waals surface area contributed by atoms with Crippen molar-refractivity contribution in [2.24, 2.45) is 0 Å². The van der Waals surface area contributed by atoms with E-state index in [-0.39, 0.29) is 0 Å². The van der Waals surface area contributed by atoms with Gasteiger partial charge in [0.2, 0.25) is 0 Å². The van der Waals surface area contributed by atoms with Gasteiger partial charge in [-0.1, -0.05) is 40.5 Å². The number of nitrogens with zero attached hydrogens (tertiary/aromatic N) is 6. The Labute approximate surface area is 198 Å². The van der Waals surface area contributed by atoms with Crippen molar-refractivity contribution in [1.29, 1.82) is 0 Å². The number of hydrogen-bond donors (Lipinski definition) is 1. The number of benzene rings is 3. The van der Waals surface area contributed by atoms with Gasteiger partial charge in [0.15, 0.2) is 0 Å². The molecule has 0 aliphatic rings. The molecular formula is C24H17Cl2N7. The summed E-state index contributed by atoms with van der Waals surface area (Å²) in [5.74, 6) is 0. The van der Waals surface area contributed by atoms with E-state index in [1.807, 2.05) is 66.2 Å². The van der Waals surface area contributed by atoms with Gasteiger partial charge in [-0.25, -0.2) is 4.68 Å². The van der Waals surface area contributed by atoms with Crippen molar-refractivity contribution in [3.63, 3.8) is 0 Å². The van der Waals surface area contributed by atoms with Crippen molar-refractivity contribution in [2.75, 3.05) is 0 Å². The van der Waals surface area contributed by atoms with Gasteiger partial charge in [0.05, 0.1) is 40.2 Å². The van der Waals surface area contributed by atoms with Gasteiger partial charge in [0.1, 0.15) is 5.52 Å². The van der Waals surface area contributed by atoms with Crippen LogP contribution in [0.3, 0.4) is 0 Å². The first-order valence-electron chi connectivity index (χ1n) is 10.3. The first kappa shape index (κ1) is 20.0. The minimum Gasteiger partial charge on any atom is -0.278 e. The summed E-state index contributed by atoms with van der Waals surface area (Å²) >= 11 is 13.1. The van der Waals surface area contributed by atoms with Crippen LogP contribution in [0, 0.1) is 6.92 Å². The van der Waals surface area contributed by atoms with Gasteiger partial charge in [0, 0.05) is 22.2 Å². The van der Waals surface area contributed by atoms with E-state index >= 15 is 0 Å². The van der Waals surface area contributed by atoms with Gasteiger partial charge in [-0.2, -0.15) is 10.2 Å². The zero-order valence-corrected chi connectivity index (χ0v) is 19.0. The number of rotatable bonds is 4. The van der Waals surface area contributed by atoms with Gasteiger partial charge in [-0.15, -0.1) is 5.10 Å². The third-order valence-corrected chi connectivity index (χ3v) is 6.36. The van der Waals surface area contributed by atoms with E-state index in [0.29, 0.717) is 17.1 Å². The van der Waals surface area contributed by atoms with E-state index in [0.717, 1.165) is 49.5 Å². The first-order valence-corrected chi connectivity index (χ1v) is 11.1. The van der Waals surface area contributed by atoms with Crippen molar-refractivity contribution < 1.29 is 0 Å². The third kappa shape index (κ3) is 3.46. The molecule has 162 valence electrons. The number of H-pyrrole nitrogens is 1. The Bertz CT molecular complexity index is 1640. The van der Waals surface area contributed by atoms with E-state index in [2.05, 4.69) is 25.6 Å². The Hall–Kier alpha value is -3.68. The zero-order valence-electron chi connectivity index (χ0n) is 17.5. The van der Waals surface area contributed by atoms with Crippen molar-refractivity contribution >= 4 is 45.1 Å². The minimum atomic E-state index is 0.525. The molecule has 1 N–H and O–H groups in total. The lowest BCUT2D eigenvalue weighted by Gasteiger charge is -2.11. The van der Waals surface area contributed by atoms with Crippen molar-refractivity contribution in [3.8, 4) is 16.9 Å². The second-order valence-corrected chi connectivity index (χ2v) is 8.75. The average molecular weight is 474 g/mol.